The number of alkyl halides is 3. The number of rotatable bonds is 8. The molecule has 238 valence electrons. The number of nitrogens with zero attached hydrogens (tertiary/aromatic N) is 3. The highest BCUT2D eigenvalue weighted by Crippen LogP contribution is 2.40. The van der Waals surface area contributed by atoms with Crippen molar-refractivity contribution in [3.8, 4) is 0 Å². The Morgan fingerprint density at radius 1 is 0.933 bits per heavy atom. The lowest BCUT2D eigenvalue weighted by Gasteiger charge is -2.42. The van der Waals surface area contributed by atoms with Crippen LogP contribution in [0, 0.1) is 0 Å². The molecular formula is C31H32F3N5O5S. The van der Waals surface area contributed by atoms with Crippen LogP contribution in [0.3, 0.4) is 0 Å². The Bertz CT molecular complexity index is 1680. The van der Waals surface area contributed by atoms with E-state index in [2.05, 4.69) is 10.6 Å². The maximum Gasteiger partial charge on any atom is 0.416 e. The van der Waals surface area contributed by atoms with Crippen LogP contribution < -0.4 is 15.5 Å². The van der Waals surface area contributed by atoms with Crippen LogP contribution in [0.2, 0.25) is 0 Å². The van der Waals surface area contributed by atoms with E-state index in [-0.39, 0.29) is 68.0 Å². The number of amides is 3. The van der Waals surface area contributed by atoms with E-state index in [9.17, 15) is 36.0 Å². The number of nitrogens with one attached hydrogen (secondary N) is 2. The molecule has 14 heteroatoms. The summed E-state index contributed by atoms with van der Waals surface area (Å²) in [5.74, 6) is -1.13. The standard InChI is InChI=1S/C31H32F3N5O5S/c1-22(40)36-25-10-12-27(13-11-25)45(43,44)38-16-14-30(15-17-38)29(42)37(21-39(30)26-8-3-2-4-9-26)20-28(41)35-19-23-6-5-7-24(18-23)31(32,33)34/h2-13,18H,14-17,19-21H2,1H3,(H,35,41)(H,36,40). The minimum absolute atomic E-state index is 0.0560. The molecule has 1 spiro atoms. The number of sulfonamides is 1. The van der Waals surface area contributed by atoms with E-state index >= 15 is 0 Å². The fourth-order valence-electron chi connectivity index (χ4n) is 5.77. The largest absolute Gasteiger partial charge is 0.416 e. The molecule has 2 N–H and O–H groups in total. The smallest absolute Gasteiger partial charge is 0.350 e. The van der Waals surface area contributed by atoms with Crippen molar-refractivity contribution in [1.29, 1.82) is 0 Å². The highest BCUT2D eigenvalue weighted by molar-refractivity contribution is 7.89. The van der Waals surface area contributed by atoms with Gasteiger partial charge in [0.2, 0.25) is 27.7 Å². The normalized spacial score (nSPS) is 17.0. The highest BCUT2D eigenvalue weighted by atomic mass is 32.2. The van der Waals surface area contributed by atoms with Crippen LogP contribution in [0.25, 0.3) is 0 Å². The Balaban J connectivity index is 1.29. The van der Waals surface area contributed by atoms with Crippen molar-refractivity contribution < 1.29 is 36.0 Å². The quantitative estimate of drug-likeness (QED) is 0.386. The average Bonchev–Trinajstić information content (AvgIpc) is 3.26. The number of halogens is 3. The van der Waals surface area contributed by atoms with Gasteiger partial charge in [0.15, 0.2) is 0 Å². The fourth-order valence-corrected chi connectivity index (χ4v) is 7.21. The first-order chi connectivity index (χ1) is 21.3. The predicted octanol–water partition coefficient (Wildman–Crippen LogP) is 3.81. The molecule has 2 saturated heterocycles. The van der Waals surface area contributed by atoms with Crippen molar-refractivity contribution in [3.63, 3.8) is 0 Å². The van der Waals surface area contributed by atoms with Gasteiger partial charge in [0.25, 0.3) is 0 Å². The zero-order chi connectivity index (χ0) is 32.4. The molecule has 0 atom stereocenters. The summed E-state index contributed by atoms with van der Waals surface area (Å²) in [7, 11) is -3.89. The van der Waals surface area contributed by atoms with Crippen LogP contribution in [0.4, 0.5) is 24.5 Å². The molecule has 3 aromatic carbocycles. The van der Waals surface area contributed by atoms with Gasteiger partial charge in [0.05, 0.1) is 17.1 Å². The number of piperidine rings is 1. The van der Waals surface area contributed by atoms with E-state index in [1.54, 1.807) is 0 Å². The molecule has 0 bridgehead atoms. The molecule has 2 aliphatic rings. The second-order valence-corrected chi connectivity index (χ2v) is 13.0. The van der Waals surface area contributed by atoms with E-state index in [1.807, 2.05) is 35.2 Å². The molecule has 45 heavy (non-hydrogen) atoms. The summed E-state index contributed by atoms with van der Waals surface area (Å²) in [6.45, 7) is 1.09. The number of para-hydroxylation sites is 1. The van der Waals surface area contributed by atoms with E-state index in [4.69, 9.17) is 0 Å². The van der Waals surface area contributed by atoms with Crippen molar-refractivity contribution in [3.05, 3.63) is 90.0 Å². The molecular weight excluding hydrogens is 611 g/mol. The van der Waals surface area contributed by atoms with Gasteiger partial charge in [-0.25, -0.2) is 8.42 Å². The van der Waals surface area contributed by atoms with Crippen LogP contribution >= 0.6 is 0 Å². The van der Waals surface area contributed by atoms with Gasteiger partial charge in [0, 0.05) is 37.9 Å². The summed E-state index contributed by atoms with van der Waals surface area (Å²) in [6, 6.07) is 19.7. The van der Waals surface area contributed by atoms with Gasteiger partial charge >= 0.3 is 6.18 Å². The fraction of sp³-hybridized carbons (Fsp3) is 0.323. The number of hydrogen-bond acceptors (Lipinski definition) is 6. The molecule has 0 aromatic heterocycles. The zero-order valence-corrected chi connectivity index (χ0v) is 25.2. The number of anilines is 2. The van der Waals surface area contributed by atoms with Gasteiger partial charge in [-0.15, -0.1) is 0 Å². The van der Waals surface area contributed by atoms with Crippen molar-refractivity contribution in [2.45, 2.75) is 42.9 Å². The molecule has 2 fully saturated rings. The Kier molecular flexibility index (Phi) is 8.90. The second-order valence-electron chi connectivity index (χ2n) is 11.0. The first-order valence-electron chi connectivity index (χ1n) is 14.2. The summed E-state index contributed by atoms with van der Waals surface area (Å²) in [5.41, 5.74) is -0.439. The van der Waals surface area contributed by atoms with Crippen LogP contribution in [0.5, 0.6) is 0 Å². The van der Waals surface area contributed by atoms with E-state index in [1.165, 1.54) is 52.5 Å². The van der Waals surface area contributed by atoms with Crippen LogP contribution in [0.1, 0.15) is 30.9 Å². The minimum atomic E-state index is -4.51. The second kappa shape index (κ2) is 12.5. The van der Waals surface area contributed by atoms with Gasteiger partial charge < -0.3 is 20.4 Å². The molecule has 2 heterocycles. The first-order valence-corrected chi connectivity index (χ1v) is 15.7. The third-order valence-corrected chi connectivity index (χ3v) is 9.94. The first kappa shape index (κ1) is 32.0. The van der Waals surface area contributed by atoms with Crippen molar-refractivity contribution in [2.75, 3.05) is 36.5 Å². The van der Waals surface area contributed by atoms with E-state index in [0.29, 0.717) is 5.69 Å². The molecule has 3 aromatic rings. The maximum absolute atomic E-state index is 14.0. The lowest BCUT2D eigenvalue weighted by Crippen LogP contribution is -2.57. The Morgan fingerprint density at radius 3 is 2.22 bits per heavy atom. The topological polar surface area (TPSA) is 119 Å². The highest BCUT2D eigenvalue weighted by Gasteiger charge is 2.55. The van der Waals surface area contributed by atoms with Gasteiger partial charge in [0.1, 0.15) is 12.1 Å². The maximum atomic E-state index is 14.0. The van der Waals surface area contributed by atoms with Crippen molar-refractivity contribution >= 4 is 39.1 Å². The number of hydrogen-bond donors (Lipinski definition) is 2. The molecule has 10 nitrogen and oxygen atoms in total. The van der Waals surface area contributed by atoms with Gasteiger partial charge in [-0.2, -0.15) is 17.5 Å². The Labute approximate surface area is 258 Å². The van der Waals surface area contributed by atoms with E-state index in [0.717, 1.165) is 17.8 Å². The third kappa shape index (κ3) is 6.81. The average molecular weight is 644 g/mol. The molecule has 2 aliphatic heterocycles. The zero-order valence-electron chi connectivity index (χ0n) is 24.4. The van der Waals surface area contributed by atoms with Gasteiger partial charge in [-0.1, -0.05) is 30.3 Å². The predicted molar refractivity (Wildman–Crippen MR) is 160 cm³/mol. The van der Waals surface area contributed by atoms with Crippen molar-refractivity contribution in [1.82, 2.24) is 14.5 Å². The number of carbonyl (C=O) groups is 3. The summed E-state index contributed by atoms with van der Waals surface area (Å²) in [6.07, 6.45) is -4.16. The molecule has 0 unspecified atom stereocenters. The third-order valence-electron chi connectivity index (χ3n) is 8.02. The molecule has 5 rings (SSSR count). The van der Waals surface area contributed by atoms with Gasteiger partial charge in [-0.05, 0) is 66.9 Å². The van der Waals surface area contributed by atoms with Crippen LogP contribution in [-0.2, 0) is 37.1 Å². The summed E-state index contributed by atoms with van der Waals surface area (Å²) in [4.78, 5) is 41.5. The number of benzene rings is 3. The lowest BCUT2D eigenvalue weighted by atomic mass is 9.86. The van der Waals surface area contributed by atoms with Crippen LogP contribution in [0.15, 0.2) is 83.8 Å². The number of carbonyl (C=O) groups excluding carboxylic acids is 3. The summed E-state index contributed by atoms with van der Waals surface area (Å²) < 4.78 is 67.4. The monoisotopic (exact) mass is 643 g/mol. The van der Waals surface area contributed by atoms with Crippen molar-refractivity contribution in [2.24, 2.45) is 0 Å². The van der Waals surface area contributed by atoms with E-state index < -0.39 is 33.2 Å². The molecule has 0 radical (unpaired) electrons. The Morgan fingerprint density at radius 2 is 1.60 bits per heavy atom. The Hall–Kier alpha value is -4.43. The summed E-state index contributed by atoms with van der Waals surface area (Å²) >= 11 is 0. The lowest BCUT2D eigenvalue weighted by molar-refractivity contribution is -0.138. The summed E-state index contributed by atoms with van der Waals surface area (Å²) in [5, 5.41) is 5.20. The van der Waals surface area contributed by atoms with Crippen LogP contribution in [-0.4, -0.2) is 67.2 Å². The van der Waals surface area contributed by atoms with Gasteiger partial charge in [-0.3, -0.25) is 14.4 Å². The molecule has 0 aliphatic carbocycles. The minimum Gasteiger partial charge on any atom is -0.350 e. The SMILES string of the molecule is CC(=O)Nc1ccc(S(=O)(=O)N2CCC3(CC2)C(=O)N(CC(=O)NCc2cccc(C(F)(F)F)c2)CN3c2ccccc2)cc1. The molecule has 3 amide bonds. The molecule has 0 saturated carbocycles.